The van der Waals surface area contributed by atoms with E-state index < -0.39 is 17.2 Å². The van der Waals surface area contributed by atoms with Crippen LogP contribution in [0.4, 0.5) is 9.39 Å². The topological polar surface area (TPSA) is 102 Å². The first kappa shape index (κ1) is 24.7. The predicted molar refractivity (Wildman–Crippen MR) is 132 cm³/mol. The molecule has 1 aromatic carbocycles. The van der Waals surface area contributed by atoms with Gasteiger partial charge in [-0.15, -0.1) is 11.3 Å². The van der Waals surface area contributed by atoms with E-state index in [1.807, 2.05) is 0 Å². The number of carbonyl (C=O) groups excluding carboxylic acids is 2. The Morgan fingerprint density at radius 1 is 1.20 bits per heavy atom. The molecule has 0 saturated heterocycles. The summed E-state index contributed by atoms with van der Waals surface area (Å²) in [6.45, 7) is 2.58. The number of aryl methyl sites for hydroxylation is 2. The number of nitrogens with zero attached hydrogens (tertiary/aromatic N) is 2. The van der Waals surface area contributed by atoms with E-state index in [-0.39, 0.29) is 17.3 Å². The van der Waals surface area contributed by atoms with Crippen LogP contribution in [0.5, 0.6) is 0 Å². The summed E-state index contributed by atoms with van der Waals surface area (Å²) >= 11 is 1.35. The summed E-state index contributed by atoms with van der Waals surface area (Å²) in [6.07, 6.45) is 4.24. The third-order valence-electron chi connectivity index (χ3n) is 5.84. The average molecular weight is 499 g/mol. The van der Waals surface area contributed by atoms with Gasteiger partial charge in [0.2, 0.25) is 5.43 Å². The molecule has 0 atom stereocenters. The summed E-state index contributed by atoms with van der Waals surface area (Å²) < 4.78 is 20.6. The number of anilines is 1. The molecule has 4 rings (SSSR count). The number of amides is 2. The minimum atomic E-state index is -0.743. The van der Waals surface area contributed by atoms with Gasteiger partial charge in [-0.25, -0.2) is 9.07 Å². The molecule has 2 aromatic heterocycles. The smallest absolute Gasteiger partial charge is 0.280 e. The second kappa shape index (κ2) is 10.9. The van der Waals surface area contributed by atoms with Crippen LogP contribution in [0.2, 0.25) is 0 Å². The molecule has 3 aromatic rings. The Labute approximate surface area is 206 Å². The van der Waals surface area contributed by atoms with Crippen molar-refractivity contribution in [2.24, 2.45) is 0 Å². The van der Waals surface area contributed by atoms with Gasteiger partial charge in [0.05, 0.1) is 5.56 Å². The van der Waals surface area contributed by atoms with Gasteiger partial charge < -0.3 is 15.4 Å². The van der Waals surface area contributed by atoms with Crippen molar-refractivity contribution in [3.8, 4) is 5.69 Å². The first-order chi connectivity index (χ1) is 16.9. The van der Waals surface area contributed by atoms with Gasteiger partial charge in [0, 0.05) is 36.9 Å². The number of methoxy groups -OCH3 is 1. The molecule has 0 aliphatic heterocycles. The van der Waals surface area contributed by atoms with Crippen LogP contribution in [0, 0.1) is 12.7 Å². The van der Waals surface area contributed by atoms with Gasteiger partial charge in [-0.2, -0.15) is 5.10 Å². The molecule has 0 saturated carbocycles. The van der Waals surface area contributed by atoms with E-state index in [4.69, 9.17) is 4.74 Å². The summed E-state index contributed by atoms with van der Waals surface area (Å²) in [4.78, 5) is 39.9. The lowest BCUT2D eigenvalue weighted by Crippen LogP contribution is -2.29. The lowest BCUT2D eigenvalue weighted by molar-refractivity contribution is 0.0948. The fourth-order valence-electron chi connectivity index (χ4n) is 4.14. The van der Waals surface area contributed by atoms with E-state index >= 15 is 0 Å². The molecular formula is C25H27FN4O4S. The molecule has 0 bridgehead atoms. The molecule has 2 N–H and O–H groups in total. The summed E-state index contributed by atoms with van der Waals surface area (Å²) in [6, 6.07) is 7.23. The molecule has 0 unspecified atom stereocenters. The largest absolute Gasteiger partial charge is 0.385 e. The van der Waals surface area contributed by atoms with Gasteiger partial charge >= 0.3 is 0 Å². The summed E-state index contributed by atoms with van der Waals surface area (Å²) in [5.41, 5.74) is 0.940. The van der Waals surface area contributed by atoms with E-state index in [1.165, 1.54) is 34.2 Å². The second-order valence-corrected chi connectivity index (χ2v) is 9.44. The predicted octanol–water partition coefficient (Wildman–Crippen LogP) is 3.64. The number of fused-ring (bicyclic) bond motifs is 1. The van der Waals surface area contributed by atoms with Gasteiger partial charge in [-0.3, -0.25) is 14.4 Å². The lowest BCUT2D eigenvalue weighted by atomic mass is 9.95. The van der Waals surface area contributed by atoms with Crippen molar-refractivity contribution in [1.82, 2.24) is 15.1 Å². The number of carbonyl (C=O) groups is 2. The highest BCUT2D eigenvalue weighted by Gasteiger charge is 2.27. The van der Waals surface area contributed by atoms with Gasteiger partial charge in [0.1, 0.15) is 16.5 Å². The fraction of sp³-hybridized carbons (Fsp3) is 0.360. The molecule has 184 valence electrons. The van der Waals surface area contributed by atoms with Crippen LogP contribution in [0.1, 0.15) is 56.2 Å². The highest BCUT2D eigenvalue weighted by Crippen LogP contribution is 2.38. The molecule has 0 radical (unpaired) electrons. The SMILES string of the molecule is COCCCNC(=O)c1c(NC(=O)c2nn(-c3ccccc3F)c(C)cc2=O)sc2c1CCCC2. The third kappa shape index (κ3) is 5.33. The van der Waals surface area contributed by atoms with Gasteiger partial charge in [-0.05, 0) is 56.7 Å². The molecule has 2 heterocycles. The normalized spacial score (nSPS) is 12.8. The van der Waals surface area contributed by atoms with Crippen LogP contribution < -0.4 is 16.1 Å². The molecule has 10 heteroatoms. The molecule has 1 aliphatic carbocycles. The monoisotopic (exact) mass is 498 g/mol. The van der Waals surface area contributed by atoms with Gasteiger partial charge in [-0.1, -0.05) is 12.1 Å². The van der Waals surface area contributed by atoms with Crippen LogP contribution in [0.3, 0.4) is 0 Å². The highest BCUT2D eigenvalue weighted by molar-refractivity contribution is 7.17. The van der Waals surface area contributed by atoms with Crippen LogP contribution in [-0.4, -0.2) is 41.9 Å². The summed E-state index contributed by atoms with van der Waals surface area (Å²) in [5, 5.41) is 10.2. The number of para-hydroxylation sites is 1. The Hall–Kier alpha value is -3.37. The van der Waals surface area contributed by atoms with E-state index in [0.717, 1.165) is 36.1 Å². The number of rotatable bonds is 8. The van der Waals surface area contributed by atoms with Crippen molar-refractivity contribution >= 4 is 28.2 Å². The molecule has 35 heavy (non-hydrogen) atoms. The van der Waals surface area contributed by atoms with Gasteiger partial charge in [0.15, 0.2) is 5.69 Å². The number of hydrogen-bond acceptors (Lipinski definition) is 6. The molecule has 0 fully saturated rings. The maximum atomic E-state index is 14.4. The quantitative estimate of drug-likeness (QED) is 0.462. The Balaban J connectivity index is 1.66. The van der Waals surface area contributed by atoms with Crippen molar-refractivity contribution in [2.75, 3.05) is 25.6 Å². The summed E-state index contributed by atoms with van der Waals surface area (Å²) in [7, 11) is 1.60. The average Bonchev–Trinajstić information content (AvgIpc) is 3.20. The molecule has 2 amide bonds. The number of benzene rings is 1. The molecular weight excluding hydrogens is 471 g/mol. The zero-order chi connectivity index (χ0) is 24.9. The first-order valence-electron chi connectivity index (χ1n) is 11.5. The maximum Gasteiger partial charge on any atom is 0.280 e. The molecule has 8 nitrogen and oxygen atoms in total. The zero-order valence-corrected chi connectivity index (χ0v) is 20.5. The number of nitrogens with one attached hydrogen (secondary N) is 2. The Bertz CT molecular complexity index is 1320. The lowest BCUT2D eigenvalue weighted by Gasteiger charge is -2.14. The standard InChI is InChI=1S/C25H27FN4O4S/c1-15-14-19(31)22(29-30(15)18-10-5-4-9-17(18)26)24(33)28-25-21(23(32)27-12-7-13-34-2)16-8-3-6-11-20(16)35-25/h4-5,9-10,14H,3,6-8,11-13H2,1-2H3,(H,27,32)(H,28,33). The van der Waals surface area contributed by atoms with Crippen molar-refractivity contribution in [3.63, 3.8) is 0 Å². The molecule has 0 spiro atoms. The Kier molecular flexibility index (Phi) is 7.72. The minimum Gasteiger partial charge on any atom is -0.385 e. The first-order valence-corrected chi connectivity index (χ1v) is 12.3. The molecule has 1 aliphatic rings. The number of hydrogen-bond donors (Lipinski definition) is 2. The van der Waals surface area contributed by atoms with Gasteiger partial charge in [0.25, 0.3) is 11.8 Å². The Morgan fingerprint density at radius 3 is 2.74 bits per heavy atom. The zero-order valence-electron chi connectivity index (χ0n) is 19.7. The van der Waals surface area contributed by atoms with Crippen LogP contribution in [0.25, 0.3) is 5.69 Å². The minimum absolute atomic E-state index is 0.127. The number of ether oxygens (including phenoxy) is 1. The van der Waals surface area contributed by atoms with Crippen molar-refractivity contribution in [1.29, 1.82) is 0 Å². The van der Waals surface area contributed by atoms with Crippen LogP contribution >= 0.6 is 11.3 Å². The van der Waals surface area contributed by atoms with Crippen molar-refractivity contribution in [3.05, 3.63) is 73.8 Å². The van der Waals surface area contributed by atoms with E-state index in [2.05, 4.69) is 15.7 Å². The fourth-order valence-corrected chi connectivity index (χ4v) is 5.42. The third-order valence-corrected chi connectivity index (χ3v) is 7.05. The number of aromatic nitrogens is 2. The maximum absolute atomic E-state index is 14.4. The van der Waals surface area contributed by atoms with E-state index in [1.54, 1.807) is 26.2 Å². The number of thiophene rings is 1. The second-order valence-electron chi connectivity index (χ2n) is 8.33. The van der Waals surface area contributed by atoms with Crippen molar-refractivity contribution < 1.29 is 18.7 Å². The number of halogens is 1. The van der Waals surface area contributed by atoms with Crippen LogP contribution in [0.15, 0.2) is 35.1 Å². The summed E-state index contributed by atoms with van der Waals surface area (Å²) in [5.74, 6) is -1.54. The highest BCUT2D eigenvalue weighted by atomic mass is 32.1. The van der Waals surface area contributed by atoms with E-state index in [0.29, 0.717) is 35.8 Å². The van der Waals surface area contributed by atoms with Crippen LogP contribution in [-0.2, 0) is 17.6 Å². The van der Waals surface area contributed by atoms with E-state index in [9.17, 15) is 18.8 Å². The van der Waals surface area contributed by atoms with Crippen molar-refractivity contribution in [2.45, 2.75) is 39.0 Å². The Morgan fingerprint density at radius 2 is 1.97 bits per heavy atom.